The Morgan fingerprint density at radius 1 is 1.43 bits per heavy atom. The number of aromatic amines is 1. The van der Waals surface area contributed by atoms with Gasteiger partial charge < -0.3 is 14.7 Å². The van der Waals surface area contributed by atoms with Crippen LogP contribution in [0.1, 0.15) is 23.2 Å². The molecular formula is C14H16N4O3. The lowest BCUT2D eigenvalue weighted by molar-refractivity contribution is -0.0590. The van der Waals surface area contributed by atoms with Crippen LogP contribution in [0.25, 0.3) is 11.0 Å². The van der Waals surface area contributed by atoms with Crippen molar-refractivity contribution in [3.8, 4) is 0 Å². The lowest BCUT2D eigenvalue weighted by Crippen LogP contribution is -2.41. The molecule has 4 rings (SSSR count). The van der Waals surface area contributed by atoms with Gasteiger partial charge >= 0.3 is 0 Å². The van der Waals surface area contributed by atoms with E-state index in [-0.39, 0.29) is 5.91 Å². The van der Waals surface area contributed by atoms with Crippen molar-refractivity contribution in [2.75, 3.05) is 19.7 Å². The molecule has 21 heavy (non-hydrogen) atoms. The Hall–Kier alpha value is -1.99. The van der Waals surface area contributed by atoms with Crippen molar-refractivity contribution in [2.45, 2.75) is 24.5 Å². The largest absolute Gasteiger partial charge is 0.388 e. The maximum absolute atomic E-state index is 12.6. The molecule has 2 aromatic rings. The van der Waals surface area contributed by atoms with Crippen LogP contribution in [-0.2, 0) is 4.74 Å². The number of nitrogens with zero attached hydrogens (tertiary/aromatic N) is 3. The van der Waals surface area contributed by atoms with Crippen LogP contribution < -0.4 is 0 Å². The zero-order valence-corrected chi connectivity index (χ0v) is 11.5. The van der Waals surface area contributed by atoms with Gasteiger partial charge in [0.25, 0.3) is 5.91 Å². The summed E-state index contributed by atoms with van der Waals surface area (Å²) in [6.45, 7) is 1.42. The second-order valence-corrected chi connectivity index (χ2v) is 5.75. The lowest BCUT2D eigenvalue weighted by Gasteiger charge is -2.25. The second kappa shape index (κ2) is 4.51. The van der Waals surface area contributed by atoms with Gasteiger partial charge in [-0.1, -0.05) is 0 Å². The van der Waals surface area contributed by atoms with Gasteiger partial charge in [0.2, 0.25) is 0 Å². The van der Waals surface area contributed by atoms with Gasteiger partial charge in [0, 0.05) is 18.7 Å². The molecule has 2 saturated heterocycles. The van der Waals surface area contributed by atoms with Crippen molar-refractivity contribution in [1.29, 1.82) is 0 Å². The number of β-amino-alcohol motifs (C(OH)–C–C–N with tert-alkyl or cyclic N) is 1. The Bertz CT molecular complexity index is 692. The molecule has 2 atom stereocenters. The number of aliphatic hydroxyl groups excluding tert-OH is 1. The minimum absolute atomic E-state index is 0.105. The van der Waals surface area contributed by atoms with Crippen molar-refractivity contribution in [1.82, 2.24) is 20.3 Å². The SMILES string of the molecule is O=C(c1ccc2n[nH]nc2c1)N1C[C@H](O)[C@]2(CCCO2)C1. The first-order valence-corrected chi connectivity index (χ1v) is 7.10. The van der Waals surface area contributed by atoms with Gasteiger partial charge in [0.05, 0.1) is 6.54 Å². The zero-order valence-electron chi connectivity index (χ0n) is 11.5. The van der Waals surface area contributed by atoms with Crippen molar-refractivity contribution in [3.05, 3.63) is 23.8 Å². The highest BCUT2D eigenvalue weighted by molar-refractivity contribution is 5.97. The maximum Gasteiger partial charge on any atom is 0.254 e. The average molecular weight is 288 g/mol. The van der Waals surface area contributed by atoms with Gasteiger partial charge in [-0.15, -0.1) is 0 Å². The molecule has 2 aliphatic heterocycles. The van der Waals surface area contributed by atoms with E-state index in [9.17, 15) is 9.90 Å². The Morgan fingerprint density at radius 3 is 3.10 bits per heavy atom. The van der Waals surface area contributed by atoms with Crippen LogP contribution in [0.5, 0.6) is 0 Å². The average Bonchev–Trinajstić information content (AvgIpc) is 3.20. The van der Waals surface area contributed by atoms with Crippen LogP contribution in [0.15, 0.2) is 18.2 Å². The fourth-order valence-corrected chi connectivity index (χ4v) is 3.29. The number of hydrogen-bond acceptors (Lipinski definition) is 5. The lowest BCUT2D eigenvalue weighted by atomic mass is 9.97. The predicted octanol–water partition coefficient (Wildman–Crippen LogP) is 0.324. The molecule has 7 nitrogen and oxygen atoms in total. The smallest absolute Gasteiger partial charge is 0.254 e. The number of nitrogens with one attached hydrogen (secondary N) is 1. The number of aromatic nitrogens is 3. The van der Waals surface area contributed by atoms with Gasteiger partial charge in [0.15, 0.2) is 0 Å². The van der Waals surface area contributed by atoms with Gasteiger partial charge in [-0.05, 0) is 31.0 Å². The minimum Gasteiger partial charge on any atom is -0.388 e. The molecular weight excluding hydrogens is 272 g/mol. The van der Waals surface area contributed by atoms with E-state index in [0.29, 0.717) is 30.8 Å². The molecule has 0 unspecified atom stereocenters. The summed E-state index contributed by atoms with van der Waals surface area (Å²) >= 11 is 0. The van der Waals surface area contributed by atoms with Gasteiger partial charge in [-0.25, -0.2) is 0 Å². The second-order valence-electron chi connectivity index (χ2n) is 5.75. The van der Waals surface area contributed by atoms with E-state index in [1.54, 1.807) is 23.1 Å². The first kappa shape index (κ1) is 12.7. The number of ether oxygens (including phenoxy) is 1. The Morgan fingerprint density at radius 2 is 2.29 bits per heavy atom. The van der Waals surface area contributed by atoms with Crippen LogP contribution in [0.3, 0.4) is 0 Å². The summed E-state index contributed by atoms with van der Waals surface area (Å²) in [4.78, 5) is 14.3. The summed E-state index contributed by atoms with van der Waals surface area (Å²) in [7, 11) is 0. The quantitative estimate of drug-likeness (QED) is 0.788. The zero-order chi connectivity index (χ0) is 14.4. The van der Waals surface area contributed by atoms with E-state index in [2.05, 4.69) is 15.4 Å². The third-order valence-corrected chi connectivity index (χ3v) is 4.44. The van der Waals surface area contributed by atoms with Crippen LogP contribution in [0, 0.1) is 0 Å². The summed E-state index contributed by atoms with van der Waals surface area (Å²) in [5, 5.41) is 20.7. The number of likely N-dealkylation sites (tertiary alicyclic amines) is 1. The predicted molar refractivity (Wildman–Crippen MR) is 73.7 cm³/mol. The number of aliphatic hydroxyl groups is 1. The molecule has 7 heteroatoms. The third kappa shape index (κ3) is 1.92. The van der Waals surface area contributed by atoms with E-state index in [1.165, 1.54) is 0 Å². The fourth-order valence-electron chi connectivity index (χ4n) is 3.29. The molecule has 2 N–H and O–H groups in total. The van der Waals surface area contributed by atoms with Crippen molar-refractivity contribution < 1.29 is 14.6 Å². The highest BCUT2D eigenvalue weighted by atomic mass is 16.5. The van der Waals surface area contributed by atoms with Crippen LogP contribution in [-0.4, -0.2) is 62.7 Å². The monoisotopic (exact) mass is 288 g/mol. The molecule has 3 heterocycles. The van der Waals surface area contributed by atoms with Crippen LogP contribution in [0.2, 0.25) is 0 Å². The first-order chi connectivity index (χ1) is 10.2. The third-order valence-electron chi connectivity index (χ3n) is 4.44. The molecule has 1 aromatic heterocycles. The number of rotatable bonds is 1. The summed E-state index contributed by atoms with van der Waals surface area (Å²) in [5.74, 6) is -0.105. The molecule has 0 aliphatic carbocycles. The molecule has 0 radical (unpaired) electrons. The van der Waals surface area contributed by atoms with E-state index in [4.69, 9.17) is 4.74 Å². The topological polar surface area (TPSA) is 91.3 Å². The van der Waals surface area contributed by atoms with Crippen LogP contribution >= 0.6 is 0 Å². The molecule has 2 aliphatic rings. The van der Waals surface area contributed by atoms with Gasteiger partial charge in [-0.3, -0.25) is 4.79 Å². The maximum atomic E-state index is 12.6. The Labute approximate surface area is 120 Å². The molecule has 2 fully saturated rings. The van der Waals surface area contributed by atoms with E-state index in [0.717, 1.165) is 18.4 Å². The summed E-state index contributed by atoms with van der Waals surface area (Å²) in [6.07, 6.45) is 1.13. The molecule has 0 bridgehead atoms. The highest BCUT2D eigenvalue weighted by Gasteiger charge is 2.50. The summed E-state index contributed by atoms with van der Waals surface area (Å²) < 4.78 is 5.72. The number of H-pyrrole nitrogens is 1. The first-order valence-electron chi connectivity index (χ1n) is 7.10. The van der Waals surface area contributed by atoms with E-state index >= 15 is 0 Å². The summed E-state index contributed by atoms with van der Waals surface area (Å²) in [5.41, 5.74) is 1.38. The van der Waals surface area contributed by atoms with E-state index in [1.807, 2.05) is 0 Å². The van der Waals surface area contributed by atoms with E-state index < -0.39 is 11.7 Å². The number of hydrogen-bond donors (Lipinski definition) is 2. The molecule has 1 amide bonds. The number of amides is 1. The minimum atomic E-state index is -0.611. The highest BCUT2D eigenvalue weighted by Crippen LogP contribution is 2.35. The van der Waals surface area contributed by atoms with Gasteiger partial charge in [-0.2, -0.15) is 15.4 Å². The molecule has 110 valence electrons. The number of benzene rings is 1. The van der Waals surface area contributed by atoms with Crippen molar-refractivity contribution >= 4 is 16.9 Å². The summed E-state index contributed by atoms with van der Waals surface area (Å²) in [6, 6.07) is 5.22. The number of carbonyl (C=O) groups is 1. The van der Waals surface area contributed by atoms with Crippen LogP contribution in [0.4, 0.5) is 0 Å². The van der Waals surface area contributed by atoms with Gasteiger partial charge in [0.1, 0.15) is 22.7 Å². The fraction of sp³-hybridized carbons (Fsp3) is 0.500. The standard InChI is InChI=1S/C14H16N4O3/c19-12-7-18(8-14(12)4-1-5-21-14)13(20)9-2-3-10-11(6-9)16-17-15-10/h2-3,6,12,19H,1,4-5,7-8H2,(H,15,16,17)/t12-,14-/m0/s1. The normalized spacial score (nSPS) is 28.8. The number of fused-ring (bicyclic) bond motifs is 1. The number of carbonyl (C=O) groups excluding carboxylic acids is 1. The molecule has 0 saturated carbocycles. The molecule has 1 aromatic carbocycles. The Kier molecular flexibility index (Phi) is 2.73. The molecule has 1 spiro atoms. The van der Waals surface area contributed by atoms with Crippen molar-refractivity contribution in [3.63, 3.8) is 0 Å². The van der Waals surface area contributed by atoms with Crippen molar-refractivity contribution in [2.24, 2.45) is 0 Å². The Balaban J connectivity index is 1.60.